The second kappa shape index (κ2) is 12.8. The molecule has 8 nitrogen and oxygen atoms in total. The molecule has 0 spiro atoms. The zero-order valence-corrected chi connectivity index (χ0v) is 27.4. The molecular formula is C39H32ClFN2O6. The van der Waals surface area contributed by atoms with Crippen LogP contribution in [-0.4, -0.2) is 39.6 Å². The molecule has 1 fully saturated rings. The Kier molecular flexibility index (Phi) is 8.54. The van der Waals surface area contributed by atoms with E-state index in [1.807, 2.05) is 91.0 Å². The summed E-state index contributed by atoms with van der Waals surface area (Å²) in [5.74, 6) is -2.79. The molecule has 0 N–H and O–H groups in total. The van der Waals surface area contributed by atoms with Crippen molar-refractivity contribution >= 4 is 17.5 Å². The predicted octanol–water partition coefficient (Wildman–Crippen LogP) is 6.66. The second-order valence-corrected chi connectivity index (χ2v) is 12.8. The standard InChI is InChI=1S/C39H32ClFN2O6/c1-38(2)48-33-29(24-47-39(26-17-9-4-10-18-26,27-19-11-5-12-20-27)28-21-13-6-14-22-28)31(41)32(34(33)49-38)42-23-30(40)36(45)43(37(42)46)35(44)25-15-7-3-8-16-25/h3-23,32-34H,24H2,1-2H3. The summed E-state index contributed by atoms with van der Waals surface area (Å²) in [6, 6.07) is 35.4. The number of ether oxygens (including phenoxy) is 3. The Hall–Kier alpha value is -4.93. The molecule has 0 saturated carbocycles. The fourth-order valence-electron chi connectivity index (χ4n) is 6.78. The molecule has 49 heavy (non-hydrogen) atoms. The lowest BCUT2D eigenvalue weighted by atomic mass is 9.80. The van der Waals surface area contributed by atoms with Crippen LogP contribution in [-0.2, 0) is 19.8 Å². The van der Waals surface area contributed by atoms with Crippen molar-refractivity contribution in [1.82, 2.24) is 9.13 Å². The van der Waals surface area contributed by atoms with Gasteiger partial charge in [0, 0.05) is 17.3 Å². The van der Waals surface area contributed by atoms with Crippen LogP contribution in [0, 0.1) is 0 Å². The maximum atomic E-state index is 17.0. The van der Waals surface area contributed by atoms with Crippen LogP contribution in [0.3, 0.4) is 0 Å². The summed E-state index contributed by atoms with van der Waals surface area (Å²) in [6.45, 7) is 3.12. The van der Waals surface area contributed by atoms with Gasteiger partial charge < -0.3 is 14.2 Å². The van der Waals surface area contributed by atoms with E-state index in [4.69, 9.17) is 25.8 Å². The van der Waals surface area contributed by atoms with Crippen LogP contribution in [0.25, 0.3) is 0 Å². The Morgan fingerprint density at radius 2 is 1.31 bits per heavy atom. The highest BCUT2D eigenvalue weighted by molar-refractivity contribution is 6.30. The monoisotopic (exact) mass is 678 g/mol. The van der Waals surface area contributed by atoms with Gasteiger partial charge in [-0.05, 0) is 42.7 Å². The molecule has 1 aliphatic heterocycles. The fourth-order valence-corrected chi connectivity index (χ4v) is 6.97. The first-order valence-corrected chi connectivity index (χ1v) is 16.2. The number of carbonyl (C=O) groups is 1. The molecule has 2 heterocycles. The van der Waals surface area contributed by atoms with Crippen LogP contribution in [0.2, 0.25) is 5.02 Å². The molecule has 5 aromatic rings. The minimum atomic E-state index is -1.41. The van der Waals surface area contributed by atoms with Crippen molar-refractivity contribution in [2.24, 2.45) is 0 Å². The lowest BCUT2D eigenvalue weighted by Crippen LogP contribution is -2.46. The van der Waals surface area contributed by atoms with E-state index in [1.165, 1.54) is 12.1 Å². The number of nitrogens with zero attached hydrogens (tertiary/aromatic N) is 2. The van der Waals surface area contributed by atoms with Gasteiger partial charge in [0.05, 0.1) is 6.61 Å². The first-order chi connectivity index (χ1) is 23.6. The van der Waals surface area contributed by atoms with Crippen LogP contribution in [0.4, 0.5) is 4.39 Å². The summed E-state index contributed by atoms with van der Waals surface area (Å²) >= 11 is 6.33. The number of aromatic nitrogens is 2. The van der Waals surface area contributed by atoms with E-state index in [1.54, 1.807) is 32.0 Å². The number of benzene rings is 4. The van der Waals surface area contributed by atoms with Gasteiger partial charge >= 0.3 is 5.69 Å². The first-order valence-electron chi connectivity index (χ1n) is 15.8. The van der Waals surface area contributed by atoms with E-state index in [2.05, 4.69) is 0 Å². The second-order valence-electron chi connectivity index (χ2n) is 12.4. The molecule has 4 aromatic carbocycles. The highest BCUT2D eigenvalue weighted by atomic mass is 35.5. The Balaban J connectivity index is 1.36. The van der Waals surface area contributed by atoms with E-state index >= 15 is 4.39 Å². The molecular weight excluding hydrogens is 647 g/mol. The minimum absolute atomic E-state index is 0.0885. The van der Waals surface area contributed by atoms with Crippen LogP contribution in [0.1, 0.15) is 46.9 Å². The van der Waals surface area contributed by atoms with Crippen molar-refractivity contribution in [3.05, 3.63) is 187 Å². The van der Waals surface area contributed by atoms with Gasteiger partial charge in [-0.3, -0.25) is 14.2 Å². The van der Waals surface area contributed by atoms with E-state index in [0.29, 0.717) is 4.57 Å². The highest BCUT2D eigenvalue weighted by Crippen LogP contribution is 2.49. The molecule has 10 heteroatoms. The van der Waals surface area contributed by atoms with Gasteiger partial charge in [0.15, 0.2) is 5.79 Å². The van der Waals surface area contributed by atoms with Crippen LogP contribution in [0.5, 0.6) is 0 Å². The number of hydrogen-bond donors (Lipinski definition) is 0. The molecule has 2 aliphatic rings. The molecule has 1 saturated heterocycles. The van der Waals surface area contributed by atoms with Crippen molar-refractivity contribution in [2.45, 2.75) is 43.5 Å². The van der Waals surface area contributed by atoms with Gasteiger partial charge in [-0.25, -0.2) is 9.18 Å². The van der Waals surface area contributed by atoms with E-state index in [9.17, 15) is 14.4 Å². The largest absolute Gasteiger partial charge is 0.356 e. The van der Waals surface area contributed by atoms with Crippen molar-refractivity contribution in [2.75, 3.05) is 6.61 Å². The zero-order chi connectivity index (χ0) is 34.3. The maximum Gasteiger partial charge on any atom is 0.339 e. The summed E-state index contributed by atoms with van der Waals surface area (Å²) in [7, 11) is 0. The van der Waals surface area contributed by atoms with Gasteiger partial charge in [-0.1, -0.05) is 121 Å². The van der Waals surface area contributed by atoms with Gasteiger partial charge in [-0.15, -0.1) is 0 Å². The summed E-state index contributed by atoms with van der Waals surface area (Å²) in [5, 5.41) is -0.438. The minimum Gasteiger partial charge on any atom is -0.356 e. The van der Waals surface area contributed by atoms with Crippen molar-refractivity contribution < 1.29 is 23.4 Å². The average molecular weight is 679 g/mol. The van der Waals surface area contributed by atoms with Crippen LogP contribution < -0.4 is 11.2 Å². The molecule has 3 unspecified atom stereocenters. The van der Waals surface area contributed by atoms with Gasteiger partial charge in [0.2, 0.25) is 0 Å². The van der Waals surface area contributed by atoms with E-state index < -0.39 is 57.6 Å². The van der Waals surface area contributed by atoms with Gasteiger partial charge in [-0.2, -0.15) is 4.57 Å². The van der Waals surface area contributed by atoms with Gasteiger partial charge in [0.25, 0.3) is 11.5 Å². The smallest absolute Gasteiger partial charge is 0.339 e. The summed E-state index contributed by atoms with van der Waals surface area (Å²) in [5.41, 5.74) is -0.580. The normalized spacial score (nSPS) is 20.0. The number of hydrogen-bond acceptors (Lipinski definition) is 6. The van der Waals surface area contributed by atoms with E-state index in [-0.39, 0.29) is 17.7 Å². The number of carbonyl (C=O) groups excluding carboxylic acids is 1. The Labute approximate surface area is 286 Å². The third-order valence-corrected chi connectivity index (χ3v) is 9.19. The maximum absolute atomic E-state index is 17.0. The molecule has 0 bridgehead atoms. The lowest BCUT2D eigenvalue weighted by Gasteiger charge is -2.36. The number of fused-ring (bicyclic) bond motifs is 1. The van der Waals surface area contributed by atoms with Crippen molar-refractivity contribution in [3.8, 4) is 0 Å². The molecule has 3 atom stereocenters. The lowest BCUT2D eigenvalue weighted by molar-refractivity contribution is -0.150. The van der Waals surface area contributed by atoms with Crippen LogP contribution >= 0.6 is 11.6 Å². The Morgan fingerprint density at radius 1 is 0.816 bits per heavy atom. The Bertz CT molecular complexity index is 2050. The van der Waals surface area contributed by atoms with Gasteiger partial charge in [0.1, 0.15) is 34.7 Å². The third kappa shape index (κ3) is 5.68. The van der Waals surface area contributed by atoms with Crippen molar-refractivity contribution in [3.63, 3.8) is 0 Å². The molecule has 7 rings (SSSR count). The zero-order valence-electron chi connectivity index (χ0n) is 26.7. The summed E-state index contributed by atoms with van der Waals surface area (Å²) in [6.07, 6.45) is -0.959. The fraction of sp³-hybridized carbons (Fsp3) is 0.205. The molecule has 1 aromatic heterocycles. The molecule has 1 aliphatic carbocycles. The summed E-state index contributed by atoms with van der Waals surface area (Å²) in [4.78, 5) is 40.4. The van der Waals surface area contributed by atoms with Crippen LogP contribution in [0.15, 0.2) is 149 Å². The number of halogens is 2. The average Bonchev–Trinajstić information content (AvgIpc) is 3.56. The molecule has 0 radical (unpaired) electrons. The SMILES string of the molecule is CC1(C)OC2C(COC(c3ccccc3)(c3ccccc3)c3ccccc3)=C(F)C(n3cc(Cl)c(=O)n(C(=O)c4ccccc4)c3=O)C2O1. The molecule has 0 amide bonds. The Morgan fingerprint density at radius 3 is 1.82 bits per heavy atom. The topological polar surface area (TPSA) is 88.8 Å². The van der Waals surface area contributed by atoms with Crippen molar-refractivity contribution in [1.29, 1.82) is 0 Å². The molecule has 248 valence electrons. The predicted molar refractivity (Wildman–Crippen MR) is 182 cm³/mol. The summed E-state index contributed by atoms with van der Waals surface area (Å²) < 4.78 is 37.8. The first kappa shape index (κ1) is 32.6. The third-order valence-electron chi connectivity index (χ3n) is 8.93. The quantitative estimate of drug-likeness (QED) is 0.171. The number of rotatable bonds is 8. The highest BCUT2D eigenvalue weighted by Gasteiger charge is 2.56. The van der Waals surface area contributed by atoms with E-state index in [0.717, 1.165) is 27.5 Å².